The van der Waals surface area contributed by atoms with Crippen LogP contribution in [0.2, 0.25) is 0 Å². The number of halogens is 5. The number of hydrogen-bond acceptors (Lipinski definition) is 4. The maximum absolute atomic E-state index is 13.0. The molecular formula is C32H48BF5O4S. The maximum Gasteiger partial charge on any atom is 0.488 e. The van der Waals surface area contributed by atoms with E-state index < -0.39 is 43.2 Å². The Labute approximate surface area is 256 Å². The molecule has 3 N–H and O–H groups in total. The van der Waals surface area contributed by atoms with E-state index in [0.29, 0.717) is 41.3 Å². The van der Waals surface area contributed by atoms with Gasteiger partial charge in [-0.1, -0.05) is 68.4 Å². The molecule has 0 amide bonds. The van der Waals surface area contributed by atoms with E-state index in [1.807, 2.05) is 12.1 Å². The molecule has 11 heteroatoms. The zero-order valence-corrected chi connectivity index (χ0v) is 26.1. The highest BCUT2D eigenvalue weighted by atomic mass is 32.2. The van der Waals surface area contributed by atoms with Gasteiger partial charge in [-0.2, -0.15) is 22.0 Å². The fourth-order valence-electron chi connectivity index (χ4n) is 8.48. The number of benzene rings is 1. The maximum atomic E-state index is 13.0. The van der Waals surface area contributed by atoms with Crippen molar-refractivity contribution in [2.45, 2.75) is 127 Å². The standard InChI is InChI=1S/C32H48BF5O4S/c1-30-17-15-26-25-12-11-24(33(40)41)21-23(25)20-22(29(26)27(30)13-14-28(30)39)10-7-5-3-2-4-6-8-18-43(42)19-9-16-31(34,35)32(36,37)38/h11-12,21-22,26-29,39-41H,2-10,13-20H2,1H3/t22-,26-,27+,28+,29-,30+,43?/m1/s1. The summed E-state index contributed by atoms with van der Waals surface area (Å²) >= 11 is -1.37. The number of alkyl halides is 5. The lowest BCUT2D eigenvalue weighted by molar-refractivity contribution is -0.284. The van der Waals surface area contributed by atoms with Gasteiger partial charge in [-0.25, -0.2) is 0 Å². The van der Waals surface area contributed by atoms with Crippen LogP contribution in [0.1, 0.15) is 114 Å². The minimum atomic E-state index is -5.55. The van der Waals surface area contributed by atoms with E-state index in [1.165, 1.54) is 11.1 Å². The van der Waals surface area contributed by atoms with Crippen LogP contribution in [-0.2, 0) is 17.6 Å². The molecule has 4 nitrogen and oxygen atoms in total. The van der Waals surface area contributed by atoms with Crippen LogP contribution in [-0.4, -0.2) is 56.5 Å². The second kappa shape index (κ2) is 14.7. The molecular weight excluding hydrogens is 586 g/mol. The largest absolute Gasteiger partial charge is 0.616 e. The van der Waals surface area contributed by atoms with Gasteiger partial charge in [-0.05, 0) is 103 Å². The van der Waals surface area contributed by atoms with Crippen LogP contribution in [0.25, 0.3) is 0 Å². The number of aliphatic hydroxyl groups excluding tert-OH is 1. The molecule has 43 heavy (non-hydrogen) atoms. The van der Waals surface area contributed by atoms with Gasteiger partial charge in [0.15, 0.2) is 0 Å². The van der Waals surface area contributed by atoms with Gasteiger partial charge in [-0.3, -0.25) is 0 Å². The Bertz CT molecular complexity index is 1040. The molecule has 0 heterocycles. The summed E-state index contributed by atoms with van der Waals surface area (Å²) in [5.74, 6) is -2.50. The summed E-state index contributed by atoms with van der Waals surface area (Å²) in [7, 11) is -1.47. The smallest absolute Gasteiger partial charge is 0.488 e. The van der Waals surface area contributed by atoms with Crippen molar-refractivity contribution in [1.82, 2.24) is 0 Å². The summed E-state index contributed by atoms with van der Waals surface area (Å²) in [6, 6.07) is 5.93. The molecule has 2 saturated carbocycles. The van der Waals surface area contributed by atoms with Crippen molar-refractivity contribution in [2.75, 3.05) is 11.5 Å². The number of hydrogen-bond donors (Lipinski definition) is 3. The third-order valence-electron chi connectivity index (χ3n) is 10.9. The van der Waals surface area contributed by atoms with Gasteiger partial charge in [0, 0.05) is 6.42 Å². The van der Waals surface area contributed by atoms with Crippen LogP contribution < -0.4 is 5.46 Å². The van der Waals surface area contributed by atoms with Gasteiger partial charge in [0.05, 0.1) is 6.10 Å². The van der Waals surface area contributed by atoms with E-state index in [2.05, 4.69) is 13.0 Å². The summed E-state index contributed by atoms with van der Waals surface area (Å²) in [5, 5.41) is 30.4. The van der Waals surface area contributed by atoms with E-state index in [1.54, 1.807) is 0 Å². The Morgan fingerprint density at radius 3 is 2.26 bits per heavy atom. The number of aliphatic hydroxyl groups is 1. The van der Waals surface area contributed by atoms with Crippen LogP contribution in [0, 0.1) is 23.2 Å². The molecule has 0 radical (unpaired) electrons. The molecule has 1 aromatic rings. The quantitative estimate of drug-likeness (QED) is 0.0873. The second-order valence-corrected chi connectivity index (χ2v) is 15.3. The Kier molecular flexibility index (Phi) is 12.0. The highest BCUT2D eigenvalue weighted by Gasteiger charge is 2.57. The molecule has 244 valence electrons. The fourth-order valence-corrected chi connectivity index (χ4v) is 9.67. The van der Waals surface area contributed by atoms with E-state index in [0.717, 1.165) is 77.0 Å². The highest BCUT2D eigenvalue weighted by Crippen LogP contribution is 2.62. The highest BCUT2D eigenvalue weighted by molar-refractivity contribution is 7.91. The third-order valence-corrected chi connectivity index (χ3v) is 12.4. The third kappa shape index (κ3) is 8.29. The van der Waals surface area contributed by atoms with Crippen molar-refractivity contribution >= 4 is 23.8 Å². The molecule has 3 aliphatic carbocycles. The molecule has 0 bridgehead atoms. The van der Waals surface area contributed by atoms with Crippen molar-refractivity contribution in [2.24, 2.45) is 23.2 Å². The fraction of sp³-hybridized carbons (Fsp3) is 0.812. The number of fused-ring (bicyclic) bond motifs is 5. The van der Waals surface area contributed by atoms with Crippen LogP contribution in [0.3, 0.4) is 0 Å². The Hall–Kier alpha value is -0.875. The zero-order chi connectivity index (χ0) is 31.4. The van der Waals surface area contributed by atoms with Gasteiger partial charge >= 0.3 is 19.2 Å². The van der Waals surface area contributed by atoms with Crippen molar-refractivity contribution in [1.29, 1.82) is 0 Å². The van der Waals surface area contributed by atoms with Crippen molar-refractivity contribution in [3.05, 3.63) is 29.3 Å². The summed E-state index contributed by atoms with van der Waals surface area (Å²) in [5.41, 5.74) is 3.12. The lowest BCUT2D eigenvalue weighted by Crippen LogP contribution is -2.47. The zero-order valence-electron chi connectivity index (χ0n) is 25.3. The van der Waals surface area contributed by atoms with Gasteiger partial charge in [-0.15, -0.1) is 0 Å². The minimum Gasteiger partial charge on any atom is -0.616 e. The summed E-state index contributed by atoms with van der Waals surface area (Å²) in [6.45, 7) is 2.28. The van der Waals surface area contributed by atoms with Crippen molar-refractivity contribution in [3.63, 3.8) is 0 Å². The summed E-state index contributed by atoms with van der Waals surface area (Å²) in [4.78, 5) is 0. The molecule has 7 atom stereocenters. The predicted octanol–water partition coefficient (Wildman–Crippen LogP) is 6.66. The molecule has 2 fully saturated rings. The molecule has 0 saturated heterocycles. The van der Waals surface area contributed by atoms with Crippen LogP contribution in [0.15, 0.2) is 18.2 Å². The molecule has 4 rings (SSSR count). The topological polar surface area (TPSA) is 83.8 Å². The average Bonchev–Trinajstić information content (AvgIpc) is 3.24. The molecule has 3 aliphatic rings. The Morgan fingerprint density at radius 2 is 1.58 bits per heavy atom. The van der Waals surface area contributed by atoms with E-state index in [-0.39, 0.29) is 17.3 Å². The van der Waals surface area contributed by atoms with Gasteiger partial charge in [0.25, 0.3) is 0 Å². The van der Waals surface area contributed by atoms with Crippen LogP contribution in [0.4, 0.5) is 22.0 Å². The lowest BCUT2D eigenvalue weighted by atomic mass is 9.52. The van der Waals surface area contributed by atoms with Gasteiger partial charge in [0.1, 0.15) is 11.5 Å². The molecule has 1 aromatic carbocycles. The van der Waals surface area contributed by atoms with E-state index in [4.69, 9.17) is 0 Å². The van der Waals surface area contributed by atoms with Crippen molar-refractivity contribution in [3.8, 4) is 0 Å². The molecule has 0 aliphatic heterocycles. The monoisotopic (exact) mass is 634 g/mol. The second-order valence-electron chi connectivity index (χ2n) is 13.6. The molecule has 0 spiro atoms. The molecule has 0 aromatic heterocycles. The van der Waals surface area contributed by atoms with E-state index in [9.17, 15) is 41.7 Å². The average molecular weight is 635 g/mol. The predicted molar refractivity (Wildman–Crippen MR) is 161 cm³/mol. The minimum absolute atomic E-state index is 0.0179. The SMILES string of the molecule is C[C@]12CC[C@@H]3c4ccc(B(O)O)cc4C[C@@H](CCCCCCCCC[S+]([O-])CCCC(F)(F)C(F)(F)F)[C@H]3[C@@H]1CC[C@@H]2O. The number of rotatable bonds is 15. The van der Waals surface area contributed by atoms with E-state index >= 15 is 0 Å². The van der Waals surface area contributed by atoms with Gasteiger partial charge in [0.2, 0.25) is 0 Å². The van der Waals surface area contributed by atoms with Crippen LogP contribution >= 0.6 is 0 Å². The normalized spacial score (nSPS) is 29.6. The van der Waals surface area contributed by atoms with Crippen LogP contribution in [0.5, 0.6) is 0 Å². The van der Waals surface area contributed by atoms with Crippen molar-refractivity contribution < 1.29 is 41.7 Å². The Morgan fingerprint density at radius 1 is 0.930 bits per heavy atom. The Balaban J connectivity index is 1.18. The number of unbranched alkanes of at least 4 members (excludes halogenated alkanes) is 6. The first kappa shape index (κ1) is 35.0. The first-order valence-electron chi connectivity index (χ1n) is 16.2. The summed E-state index contributed by atoms with van der Waals surface area (Å²) in [6.07, 6.45) is 5.48. The molecule has 1 unspecified atom stereocenters. The first-order valence-corrected chi connectivity index (χ1v) is 17.7. The van der Waals surface area contributed by atoms with Gasteiger partial charge < -0.3 is 19.7 Å². The first-order chi connectivity index (χ1) is 20.2. The lowest BCUT2D eigenvalue weighted by Gasteiger charge is -2.53. The summed E-state index contributed by atoms with van der Waals surface area (Å²) < 4.78 is 74.6.